The van der Waals surface area contributed by atoms with Crippen LogP contribution in [0.25, 0.3) is 0 Å². The molecule has 0 aliphatic carbocycles. The summed E-state index contributed by atoms with van der Waals surface area (Å²) in [5.74, 6) is 1.49. The van der Waals surface area contributed by atoms with E-state index in [1.807, 2.05) is 60.7 Å². The van der Waals surface area contributed by atoms with Crippen LogP contribution in [0.3, 0.4) is 0 Å². The van der Waals surface area contributed by atoms with Gasteiger partial charge in [-0.05, 0) is 61.4 Å². The van der Waals surface area contributed by atoms with Gasteiger partial charge in [0.2, 0.25) is 0 Å². The Morgan fingerprint density at radius 3 is 2.03 bits per heavy atom. The zero-order chi connectivity index (χ0) is 20.5. The highest BCUT2D eigenvalue weighted by atomic mass is 16.5. The summed E-state index contributed by atoms with van der Waals surface area (Å²) in [6, 6.07) is 23.1. The van der Waals surface area contributed by atoms with Crippen LogP contribution in [0.15, 0.2) is 72.8 Å². The van der Waals surface area contributed by atoms with Crippen molar-refractivity contribution in [2.45, 2.75) is 26.7 Å². The molecule has 3 aromatic carbocycles. The average Bonchev–Trinajstić information content (AvgIpc) is 2.75. The standard InChI is InChI=1S/C25H27NO3/c1-3-20-7-4-5-8-24(20)26-25(27)21-11-15-23(16-12-21)29-18-6-17-28-22-13-9-19(2)10-14-22/h4-5,7-16H,3,6,17-18H2,1-2H3,(H,26,27). The Morgan fingerprint density at radius 2 is 1.41 bits per heavy atom. The van der Waals surface area contributed by atoms with Gasteiger partial charge in [0, 0.05) is 17.7 Å². The number of carbonyl (C=O) groups excluding carboxylic acids is 1. The summed E-state index contributed by atoms with van der Waals surface area (Å²) in [4.78, 5) is 12.5. The smallest absolute Gasteiger partial charge is 0.255 e. The van der Waals surface area contributed by atoms with Crippen molar-refractivity contribution < 1.29 is 14.3 Å². The van der Waals surface area contributed by atoms with E-state index in [-0.39, 0.29) is 5.91 Å². The average molecular weight is 389 g/mol. The molecule has 0 spiro atoms. The predicted octanol–water partition coefficient (Wildman–Crippen LogP) is 5.66. The van der Waals surface area contributed by atoms with Crippen molar-refractivity contribution in [1.82, 2.24) is 0 Å². The van der Waals surface area contributed by atoms with Crippen molar-refractivity contribution in [3.05, 3.63) is 89.5 Å². The minimum absolute atomic E-state index is 0.121. The molecular weight excluding hydrogens is 362 g/mol. The monoisotopic (exact) mass is 389 g/mol. The number of hydrogen-bond donors (Lipinski definition) is 1. The summed E-state index contributed by atoms with van der Waals surface area (Å²) < 4.78 is 11.4. The number of aryl methyl sites for hydroxylation is 2. The number of nitrogens with one attached hydrogen (secondary N) is 1. The number of ether oxygens (including phenoxy) is 2. The number of anilines is 1. The Balaban J connectivity index is 1.43. The summed E-state index contributed by atoms with van der Waals surface area (Å²) in [5, 5.41) is 2.98. The Bertz CT molecular complexity index is 918. The second kappa shape index (κ2) is 10.3. The van der Waals surface area contributed by atoms with Gasteiger partial charge < -0.3 is 14.8 Å². The molecule has 0 aromatic heterocycles. The van der Waals surface area contributed by atoms with Crippen LogP contribution in [0.2, 0.25) is 0 Å². The Morgan fingerprint density at radius 1 is 0.828 bits per heavy atom. The Labute approximate surface area is 172 Å². The van der Waals surface area contributed by atoms with Crippen molar-refractivity contribution in [3.8, 4) is 11.5 Å². The number of benzene rings is 3. The molecule has 29 heavy (non-hydrogen) atoms. The van der Waals surface area contributed by atoms with Crippen molar-refractivity contribution in [2.24, 2.45) is 0 Å². The van der Waals surface area contributed by atoms with Crippen molar-refractivity contribution in [2.75, 3.05) is 18.5 Å². The molecule has 3 aromatic rings. The van der Waals surface area contributed by atoms with Crippen LogP contribution < -0.4 is 14.8 Å². The number of carbonyl (C=O) groups is 1. The van der Waals surface area contributed by atoms with Gasteiger partial charge in [0.1, 0.15) is 11.5 Å². The van der Waals surface area contributed by atoms with Crippen LogP contribution in [0.5, 0.6) is 11.5 Å². The predicted molar refractivity (Wildman–Crippen MR) is 117 cm³/mol. The summed E-state index contributed by atoms with van der Waals surface area (Å²) in [6.45, 7) is 5.28. The molecule has 0 fully saturated rings. The fourth-order valence-corrected chi connectivity index (χ4v) is 2.92. The Kier molecular flexibility index (Phi) is 7.28. The minimum atomic E-state index is -0.121. The lowest BCUT2D eigenvalue weighted by atomic mass is 10.1. The van der Waals surface area contributed by atoms with E-state index >= 15 is 0 Å². The SMILES string of the molecule is CCc1ccccc1NC(=O)c1ccc(OCCCOc2ccc(C)cc2)cc1. The quantitative estimate of drug-likeness (QED) is 0.481. The summed E-state index contributed by atoms with van der Waals surface area (Å²) >= 11 is 0. The highest BCUT2D eigenvalue weighted by Crippen LogP contribution is 2.18. The maximum atomic E-state index is 12.5. The molecule has 1 N–H and O–H groups in total. The lowest BCUT2D eigenvalue weighted by Gasteiger charge is -2.11. The topological polar surface area (TPSA) is 47.6 Å². The maximum absolute atomic E-state index is 12.5. The van der Waals surface area contributed by atoms with Gasteiger partial charge in [-0.1, -0.05) is 42.8 Å². The molecule has 150 valence electrons. The number of amides is 1. The van der Waals surface area contributed by atoms with Crippen LogP contribution >= 0.6 is 0 Å². The number of para-hydroxylation sites is 1. The van der Waals surface area contributed by atoms with Gasteiger partial charge in [0.25, 0.3) is 5.91 Å². The lowest BCUT2D eigenvalue weighted by Crippen LogP contribution is -2.13. The molecule has 0 radical (unpaired) electrons. The van der Waals surface area contributed by atoms with Crippen molar-refractivity contribution >= 4 is 11.6 Å². The minimum Gasteiger partial charge on any atom is -0.493 e. The molecule has 4 nitrogen and oxygen atoms in total. The molecule has 0 heterocycles. The van der Waals surface area contributed by atoms with Crippen LogP contribution in [-0.4, -0.2) is 19.1 Å². The first-order valence-electron chi connectivity index (χ1n) is 9.97. The van der Waals surface area contributed by atoms with Crippen LogP contribution in [0.4, 0.5) is 5.69 Å². The zero-order valence-corrected chi connectivity index (χ0v) is 17.0. The zero-order valence-electron chi connectivity index (χ0n) is 17.0. The molecule has 0 bridgehead atoms. The van der Waals surface area contributed by atoms with Crippen LogP contribution in [0, 0.1) is 6.92 Å². The third kappa shape index (κ3) is 6.11. The molecular formula is C25H27NO3. The highest BCUT2D eigenvalue weighted by molar-refractivity contribution is 6.04. The molecule has 0 aliphatic rings. The van der Waals surface area contributed by atoms with Gasteiger partial charge in [-0.25, -0.2) is 0 Å². The first-order valence-corrected chi connectivity index (χ1v) is 9.97. The molecule has 3 rings (SSSR count). The van der Waals surface area contributed by atoms with Gasteiger partial charge in [-0.15, -0.1) is 0 Å². The largest absolute Gasteiger partial charge is 0.493 e. The molecule has 0 saturated carbocycles. The number of rotatable bonds is 9. The van der Waals surface area contributed by atoms with Gasteiger partial charge in [0.15, 0.2) is 0 Å². The Hall–Kier alpha value is -3.27. The fourth-order valence-electron chi connectivity index (χ4n) is 2.92. The third-order valence-electron chi connectivity index (χ3n) is 4.61. The molecule has 0 atom stereocenters. The van der Waals surface area contributed by atoms with E-state index in [4.69, 9.17) is 9.47 Å². The number of hydrogen-bond acceptors (Lipinski definition) is 3. The van der Waals surface area contributed by atoms with E-state index in [0.29, 0.717) is 18.8 Å². The second-order valence-corrected chi connectivity index (χ2v) is 6.85. The van der Waals surface area contributed by atoms with E-state index in [1.165, 1.54) is 5.56 Å². The van der Waals surface area contributed by atoms with E-state index in [9.17, 15) is 4.79 Å². The first kappa shape index (κ1) is 20.5. The molecule has 0 aliphatic heterocycles. The highest BCUT2D eigenvalue weighted by Gasteiger charge is 2.08. The van der Waals surface area contributed by atoms with E-state index in [0.717, 1.165) is 35.6 Å². The molecule has 1 amide bonds. The van der Waals surface area contributed by atoms with E-state index in [2.05, 4.69) is 19.2 Å². The van der Waals surface area contributed by atoms with Crippen LogP contribution in [-0.2, 0) is 6.42 Å². The van der Waals surface area contributed by atoms with Crippen molar-refractivity contribution in [1.29, 1.82) is 0 Å². The van der Waals surface area contributed by atoms with Gasteiger partial charge >= 0.3 is 0 Å². The van der Waals surface area contributed by atoms with Crippen molar-refractivity contribution in [3.63, 3.8) is 0 Å². The van der Waals surface area contributed by atoms with Crippen LogP contribution in [0.1, 0.15) is 34.8 Å². The lowest BCUT2D eigenvalue weighted by molar-refractivity contribution is 0.102. The maximum Gasteiger partial charge on any atom is 0.255 e. The first-order chi connectivity index (χ1) is 14.2. The normalized spacial score (nSPS) is 10.4. The van der Waals surface area contributed by atoms with E-state index in [1.54, 1.807) is 12.1 Å². The summed E-state index contributed by atoms with van der Waals surface area (Å²) in [5.41, 5.74) is 3.79. The molecule has 4 heteroatoms. The fraction of sp³-hybridized carbons (Fsp3) is 0.240. The van der Waals surface area contributed by atoms with E-state index < -0.39 is 0 Å². The second-order valence-electron chi connectivity index (χ2n) is 6.85. The summed E-state index contributed by atoms with van der Waals surface area (Å²) in [6.07, 6.45) is 1.65. The van der Waals surface area contributed by atoms with Gasteiger partial charge in [0.05, 0.1) is 13.2 Å². The third-order valence-corrected chi connectivity index (χ3v) is 4.61. The summed E-state index contributed by atoms with van der Waals surface area (Å²) in [7, 11) is 0. The van der Waals surface area contributed by atoms with Gasteiger partial charge in [-0.2, -0.15) is 0 Å². The molecule has 0 unspecified atom stereocenters. The molecule has 0 saturated heterocycles. The van der Waals surface area contributed by atoms with Gasteiger partial charge in [-0.3, -0.25) is 4.79 Å².